The minimum atomic E-state index is 0.0415. The Morgan fingerprint density at radius 2 is 1.96 bits per heavy atom. The summed E-state index contributed by atoms with van der Waals surface area (Å²) in [5.41, 5.74) is 0.746. The van der Waals surface area contributed by atoms with Gasteiger partial charge in [0.2, 0.25) is 18.6 Å². The molecule has 8 nitrogen and oxygen atoms in total. The van der Waals surface area contributed by atoms with Crippen molar-refractivity contribution in [1.82, 2.24) is 15.1 Å². The molecule has 0 radical (unpaired) electrons. The maximum absolute atomic E-state index is 12.4. The van der Waals surface area contributed by atoms with Crippen LogP contribution in [0.25, 0.3) is 11.5 Å². The van der Waals surface area contributed by atoms with Crippen LogP contribution >= 0.6 is 11.8 Å². The number of morpholine rings is 1. The number of hydrogen-bond acceptors (Lipinski definition) is 8. The van der Waals surface area contributed by atoms with Gasteiger partial charge in [-0.05, 0) is 32.0 Å². The van der Waals surface area contributed by atoms with Gasteiger partial charge in [0, 0.05) is 18.7 Å². The number of nitrogens with zero attached hydrogens (tertiary/aromatic N) is 3. The van der Waals surface area contributed by atoms with Crippen LogP contribution in [0.5, 0.6) is 11.5 Å². The molecule has 0 unspecified atom stereocenters. The summed E-state index contributed by atoms with van der Waals surface area (Å²) >= 11 is 1.24. The van der Waals surface area contributed by atoms with Crippen LogP contribution in [0.4, 0.5) is 0 Å². The van der Waals surface area contributed by atoms with Crippen molar-refractivity contribution in [2.24, 2.45) is 0 Å². The topological polar surface area (TPSA) is 86.9 Å². The summed E-state index contributed by atoms with van der Waals surface area (Å²) in [7, 11) is 0. The Morgan fingerprint density at radius 3 is 2.77 bits per heavy atom. The highest BCUT2D eigenvalue weighted by molar-refractivity contribution is 7.99. The van der Waals surface area contributed by atoms with E-state index in [9.17, 15) is 4.79 Å². The molecule has 2 aliphatic heterocycles. The highest BCUT2D eigenvalue weighted by Gasteiger charge is 2.26. The molecule has 0 aliphatic carbocycles. The summed E-state index contributed by atoms with van der Waals surface area (Å²) in [6, 6.07) is 5.43. The number of thioether (sulfide) groups is 1. The zero-order chi connectivity index (χ0) is 18.1. The predicted molar refractivity (Wildman–Crippen MR) is 93.2 cm³/mol. The van der Waals surface area contributed by atoms with Crippen LogP contribution in [0, 0.1) is 0 Å². The molecule has 0 saturated carbocycles. The molecule has 0 spiro atoms. The minimum absolute atomic E-state index is 0.0415. The molecule has 3 heterocycles. The van der Waals surface area contributed by atoms with Gasteiger partial charge in [0.15, 0.2) is 11.5 Å². The first kappa shape index (κ1) is 17.2. The smallest absolute Gasteiger partial charge is 0.277 e. The van der Waals surface area contributed by atoms with E-state index in [-0.39, 0.29) is 30.7 Å². The fourth-order valence-corrected chi connectivity index (χ4v) is 3.68. The largest absolute Gasteiger partial charge is 0.454 e. The van der Waals surface area contributed by atoms with Gasteiger partial charge in [0.25, 0.3) is 5.22 Å². The Hall–Kier alpha value is -2.26. The lowest BCUT2D eigenvalue weighted by Gasteiger charge is -2.35. The van der Waals surface area contributed by atoms with Crippen molar-refractivity contribution in [2.75, 3.05) is 25.6 Å². The second kappa shape index (κ2) is 7.16. The van der Waals surface area contributed by atoms with Gasteiger partial charge in [0.1, 0.15) is 0 Å². The van der Waals surface area contributed by atoms with Crippen LogP contribution in [0.15, 0.2) is 27.8 Å². The van der Waals surface area contributed by atoms with Crippen LogP contribution in [0.2, 0.25) is 0 Å². The average molecular weight is 377 g/mol. The van der Waals surface area contributed by atoms with E-state index < -0.39 is 0 Å². The summed E-state index contributed by atoms with van der Waals surface area (Å²) in [5.74, 6) is 2.03. The van der Waals surface area contributed by atoms with Crippen molar-refractivity contribution in [3.8, 4) is 23.0 Å². The van der Waals surface area contributed by atoms with E-state index in [0.29, 0.717) is 35.7 Å². The third-order valence-corrected chi connectivity index (χ3v) is 4.92. The maximum Gasteiger partial charge on any atom is 0.277 e. The molecule has 1 saturated heterocycles. The lowest BCUT2D eigenvalue weighted by molar-refractivity contribution is -0.140. The molecule has 1 aromatic heterocycles. The van der Waals surface area contributed by atoms with E-state index >= 15 is 0 Å². The first-order valence-electron chi connectivity index (χ1n) is 8.38. The van der Waals surface area contributed by atoms with Crippen LogP contribution in [0.1, 0.15) is 13.8 Å². The lowest BCUT2D eigenvalue weighted by atomic mass is 10.2. The molecule has 2 aliphatic rings. The Morgan fingerprint density at radius 1 is 1.19 bits per heavy atom. The molecule has 1 aromatic carbocycles. The Balaban J connectivity index is 1.37. The molecular weight excluding hydrogens is 358 g/mol. The number of benzene rings is 1. The van der Waals surface area contributed by atoms with Crippen LogP contribution in [0.3, 0.4) is 0 Å². The molecule has 138 valence electrons. The fourth-order valence-electron chi connectivity index (χ4n) is 3.01. The average Bonchev–Trinajstić information content (AvgIpc) is 3.27. The first-order valence-corrected chi connectivity index (χ1v) is 9.36. The van der Waals surface area contributed by atoms with E-state index in [4.69, 9.17) is 18.6 Å². The summed E-state index contributed by atoms with van der Waals surface area (Å²) in [4.78, 5) is 14.2. The first-order chi connectivity index (χ1) is 12.6. The SMILES string of the molecule is C[C@@H]1CN(C(=O)CSc2nnc(-c3ccc4c(c3)OCO4)o2)C[C@H](C)O1. The number of carbonyl (C=O) groups excluding carboxylic acids is 1. The highest BCUT2D eigenvalue weighted by Crippen LogP contribution is 2.36. The molecule has 0 bridgehead atoms. The van der Waals surface area contributed by atoms with Crippen molar-refractivity contribution in [3.63, 3.8) is 0 Å². The van der Waals surface area contributed by atoms with Gasteiger partial charge >= 0.3 is 0 Å². The zero-order valence-corrected chi connectivity index (χ0v) is 15.3. The van der Waals surface area contributed by atoms with E-state index in [2.05, 4.69) is 10.2 Å². The normalized spacial score (nSPS) is 21.8. The van der Waals surface area contributed by atoms with Crippen molar-refractivity contribution in [2.45, 2.75) is 31.3 Å². The van der Waals surface area contributed by atoms with Crippen molar-refractivity contribution >= 4 is 17.7 Å². The molecule has 1 amide bonds. The molecular formula is C17H19N3O5S. The van der Waals surface area contributed by atoms with E-state index in [1.807, 2.05) is 24.8 Å². The van der Waals surface area contributed by atoms with Crippen LogP contribution in [-0.4, -0.2) is 58.8 Å². The number of hydrogen-bond donors (Lipinski definition) is 0. The summed E-state index contributed by atoms with van der Waals surface area (Å²) in [5, 5.41) is 8.42. The molecule has 1 fully saturated rings. The molecule has 2 aromatic rings. The van der Waals surface area contributed by atoms with Crippen molar-refractivity contribution in [3.05, 3.63) is 18.2 Å². The Labute approximate surface area is 154 Å². The second-order valence-electron chi connectivity index (χ2n) is 6.29. The zero-order valence-electron chi connectivity index (χ0n) is 14.5. The lowest BCUT2D eigenvalue weighted by Crippen LogP contribution is -2.48. The van der Waals surface area contributed by atoms with Gasteiger partial charge in [-0.3, -0.25) is 4.79 Å². The van der Waals surface area contributed by atoms with Crippen molar-refractivity contribution in [1.29, 1.82) is 0 Å². The number of carbonyl (C=O) groups is 1. The fraction of sp³-hybridized carbons (Fsp3) is 0.471. The quantitative estimate of drug-likeness (QED) is 0.750. The number of aromatic nitrogens is 2. The van der Waals surface area contributed by atoms with Gasteiger partial charge in [-0.1, -0.05) is 11.8 Å². The molecule has 9 heteroatoms. The highest BCUT2D eigenvalue weighted by atomic mass is 32.2. The molecule has 26 heavy (non-hydrogen) atoms. The molecule has 2 atom stereocenters. The van der Waals surface area contributed by atoms with E-state index in [0.717, 1.165) is 5.56 Å². The van der Waals surface area contributed by atoms with Gasteiger partial charge in [-0.25, -0.2) is 0 Å². The van der Waals surface area contributed by atoms with Crippen LogP contribution in [-0.2, 0) is 9.53 Å². The maximum atomic E-state index is 12.4. The summed E-state index contributed by atoms with van der Waals surface area (Å²) in [6.07, 6.45) is 0.0995. The number of ether oxygens (including phenoxy) is 3. The predicted octanol–water partition coefficient (Wildman–Crippen LogP) is 2.19. The third-order valence-electron chi connectivity index (χ3n) is 4.12. The number of rotatable bonds is 4. The van der Waals surface area contributed by atoms with Gasteiger partial charge in [-0.15, -0.1) is 10.2 Å². The standard InChI is InChI=1S/C17H19N3O5S/c1-10-6-20(7-11(2)24-10)15(21)8-26-17-19-18-16(25-17)12-3-4-13-14(5-12)23-9-22-13/h3-5,10-11H,6-9H2,1-2H3/t10-,11+. The number of fused-ring (bicyclic) bond motifs is 1. The van der Waals surface area contributed by atoms with Gasteiger partial charge < -0.3 is 23.5 Å². The number of amides is 1. The van der Waals surface area contributed by atoms with Gasteiger partial charge in [0.05, 0.1) is 18.0 Å². The Bertz CT molecular complexity index is 801. The second-order valence-corrected chi connectivity index (χ2v) is 7.21. The summed E-state index contributed by atoms with van der Waals surface area (Å²) in [6.45, 7) is 5.37. The molecule has 0 N–H and O–H groups in total. The van der Waals surface area contributed by atoms with Crippen LogP contribution < -0.4 is 9.47 Å². The summed E-state index contributed by atoms with van der Waals surface area (Å²) < 4.78 is 22.0. The van der Waals surface area contributed by atoms with Gasteiger partial charge in [-0.2, -0.15) is 0 Å². The molecule has 4 rings (SSSR count). The van der Waals surface area contributed by atoms with Crippen molar-refractivity contribution < 1.29 is 23.4 Å². The van der Waals surface area contributed by atoms with E-state index in [1.165, 1.54) is 11.8 Å². The third kappa shape index (κ3) is 3.63. The monoisotopic (exact) mass is 377 g/mol. The Kier molecular flexibility index (Phi) is 4.73. The minimum Gasteiger partial charge on any atom is -0.454 e. The van der Waals surface area contributed by atoms with E-state index in [1.54, 1.807) is 12.1 Å².